The van der Waals surface area contributed by atoms with Gasteiger partial charge in [0.2, 0.25) is 0 Å². The first-order valence-electron chi connectivity index (χ1n) is 4.82. The molecule has 0 amide bonds. The Balaban J connectivity index is 2.21. The summed E-state index contributed by atoms with van der Waals surface area (Å²) in [6.07, 6.45) is 0.277. The second kappa shape index (κ2) is 4.16. The molecule has 3 nitrogen and oxygen atoms in total. The summed E-state index contributed by atoms with van der Waals surface area (Å²) in [5.41, 5.74) is 0.451. The van der Waals surface area contributed by atoms with E-state index in [4.69, 9.17) is 21.7 Å². The molecule has 1 rings (SSSR count). The largest absolute Gasteiger partial charge is 0.468 e. The van der Waals surface area contributed by atoms with Gasteiger partial charge in [-0.05, 0) is 12.2 Å². The lowest BCUT2D eigenvalue weighted by Crippen LogP contribution is -2.32. The molecule has 5 heteroatoms. The first kappa shape index (κ1) is 11.9. The normalized spacial score (nSPS) is 25.8. The van der Waals surface area contributed by atoms with Gasteiger partial charge in [0.05, 0.1) is 13.8 Å². The van der Waals surface area contributed by atoms with Gasteiger partial charge in [0.1, 0.15) is 12.7 Å². The minimum atomic E-state index is -1.14. The number of ether oxygens (including phenoxy) is 2. The van der Waals surface area contributed by atoms with E-state index in [1.807, 2.05) is 14.1 Å². The van der Waals surface area contributed by atoms with Crippen LogP contribution in [0.1, 0.15) is 0 Å². The van der Waals surface area contributed by atoms with Gasteiger partial charge in [-0.2, -0.15) is 0 Å². The Kier molecular flexibility index (Phi) is 3.55. The van der Waals surface area contributed by atoms with Crippen molar-refractivity contribution in [1.29, 1.82) is 0 Å². The highest BCUT2D eigenvalue weighted by atomic mass is 32.1. The van der Waals surface area contributed by atoms with Crippen molar-refractivity contribution in [3.63, 3.8) is 0 Å². The van der Waals surface area contributed by atoms with Crippen molar-refractivity contribution in [2.24, 2.45) is 0 Å². The number of epoxide rings is 1. The van der Waals surface area contributed by atoms with Crippen molar-refractivity contribution >= 4 is 25.5 Å². The molecule has 0 spiro atoms. The van der Waals surface area contributed by atoms with Crippen molar-refractivity contribution in [3.8, 4) is 0 Å². The molecule has 82 valence electrons. The minimum absolute atomic E-state index is 0.277. The van der Waals surface area contributed by atoms with E-state index in [0.717, 1.165) is 0 Å². The molecular formula is C9H19NO2SSi. The Morgan fingerprint density at radius 3 is 2.36 bits per heavy atom. The van der Waals surface area contributed by atoms with E-state index in [2.05, 4.69) is 19.6 Å². The lowest BCUT2D eigenvalue weighted by Gasteiger charge is -2.14. The quantitative estimate of drug-likeness (QED) is 0.419. The third-order valence-electron chi connectivity index (χ3n) is 2.17. The SMILES string of the molecule is CN(C)C(=S)OC[C@@H]1O[C@H]1[Si](C)(C)C. The Morgan fingerprint density at radius 2 is 2.00 bits per heavy atom. The van der Waals surface area contributed by atoms with Gasteiger partial charge < -0.3 is 14.4 Å². The molecule has 0 N–H and O–H groups in total. The molecule has 0 saturated carbocycles. The van der Waals surface area contributed by atoms with Crippen LogP contribution in [0.4, 0.5) is 0 Å². The fourth-order valence-electron chi connectivity index (χ4n) is 1.31. The van der Waals surface area contributed by atoms with Crippen LogP contribution in [-0.4, -0.2) is 50.7 Å². The van der Waals surface area contributed by atoms with Crippen LogP contribution in [0.25, 0.3) is 0 Å². The van der Waals surface area contributed by atoms with Crippen LogP contribution in [0.15, 0.2) is 0 Å². The lowest BCUT2D eigenvalue weighted by atomic mass is 10.5. The zero-order chi connectivity index (χ0) is 10.9. The fourth-order valence-corrected chi connectivity index (χ4v) is 3.18. The Bertz CT molecular complexity index is 227. The van der Waals surface area contributed by atoms with E-state index in [9.17, 15) is 0 Å². The van der Waals surface area contributed by atoms with Gasteiger partial charge in [-0.1, -0.05) is 19.6 Å². The highest BCUT2D eigenvalue weighted by Crippen LogP contribution is 2.31. The topological polar surface area (TPSA) is 25.0 Å². The van der Waals surface area contributed by atoms with Gasteiger partial charge >= 0.3 is 0 Å². The van der Waals surface area contributed by atoms with E-state index in [0.29, 0.717) is 17.5 Å². The number of hydrogen-bond acceptors (Lipinski definition) is 3. The van der Waals surface area contributed by atoms with Crippen LogP contribution in [0, 0.1) is 0 Å². The monoisotopic (exact) mass is 233 g/mol. The molecule has 2 atom stereocenters. The summed E-state index contributed by atoms with van der Waals surface area (Å²) in [5.74, 6) is 0. The Labute approximate surface area is 92.4 Å². The third kappa shape index (κ3) is 3.22. The summed E-state index contributed by atoms with van der Waals surface area (Å²) in [6, 6.07) is 0. The second-order valence-electron chi connectivity index (χ2n) is 4.93. The molecule has 0 aromatic rings. The summed E-state index contributed by atoms with van der Waals surface area (Å²) in [6.45, 7) is 7.53. The third-order valence-corrected chi connectivity index (χ3v) is 4.87. The average molecular weight is 233 g/mol. The molecule has 1 fully saturated rings. The van der Waals surface area contributed by atoms with Crippen molar-refractivity contribution in [2.75, 3.05) is 20.7 Å². The van der Waals surface area contributed by atoms with Crippen LogP contribution in [-0.2, 0) is 9.47 Å². The maximum atomic E-state index is 5.57. The molecule has 0 unspecified atom stereocenters. The van der Waals surface area contributed by atoms with Crippen LogP contribution in [0.3, 0.4) is 0 Å². The van der Waals surface area contributed by atoms with Crippen LogP contribution < -0.4 is 0 Å². The first-order valence-corrected chi connectivity index (χ1v) is 8.80. The molecular weight excluding hydrogens is 214 g/mol. The van der Waals surface area contributed by atoms with Crippen LogP contribution >= 0.6 is 12.2 Å². The predicted molar refractivity (Wildman–Crippen MR) is 64.2 cm³/mol. The molecule has 0 aliphatic carbocycles. The van der Waals surface area contributed by atoms with Gasteiger partial charge in [-0.3, -0.25) is 0 Å². The molecule has 1 heterocycles. The molecule has 0 radical (unpaired) electrons. The van der Waals surface area contributed by atoms with E-state index >= 15 is 0 Å². The maximum Gasteiger partial charge on any atom is 0.258 e. The highest BCUT2D eigenvalue weighted by molar-refractivity contribution is 7.80. The van der Waals surface area contributed by atoms with E-state index in [1.165, 1.54) is 0 Å². The predicted octanol–water partition coefficient (Wildman–Crippen LogP) is 1.49. The number of rotatable bonds is 3. The van der Waals surface area contributed by atoms with E-state index < -0.39 is 8.07 Å². The number of nitrogens with zero attached hydrogens (tertiary/aromatic N) is 1. The summed E-state index contributed by atoms with van der Waals surface area (Å²) < 4.78 is 11.0. The van der Waals surface area contributed by atoms with Crippen molar-refractivity contribution in [3.05, 3.63) is 0 Å². The molecule has 0 aromatic heterocycles. The fraction of sp³-hybridized carbons (Fsp3) is 0.889. The van der Waals surface area contributed by atoms with Crippen molar-refractivity contribution in [2.45, 2.75) is 31.5 Å². The molecule has 0 aromatic carbocycles. The van der Waals surface area contributed by atoms with E-state index in [1.54, 1.807) is 4.90 Å². The van der Waals surface area contributed by atoms with Crippen LogP contribution in [0.5, 0.6) is 0 Å². The second-order valence-corrected chi connectivity index (χ2v) is 10.6. The summed E-state index contributed by atoms with van der Waals surface area (Å²) >= 11 is 5.02. The van der Waals surface area contributed by atoms with Crippen molar-refractivity contribution in [1.82, 2.24) is 4.90 Å². The van der Waals surface area contributed by atoms with Gasteiger partial charge in [0.25, 0.3) is 5.17 Å². The summed E-state index contributed by atoms with van der Waals surface area (Å²) in [5, 5.41) is 0.537. The molecule has 14 heavy (non-hydrogen) atoms. The first-order chi connectivity index (χ1) is 6.32. The number of hydrogen-bond donors (Lipinski definition) is 0. The smallest absolute Gasteiger partial charge is 0.258 e. The van der Waals surface area contributed by atoms with Crippen LogP contribution in [0.2, 0.25) is 19.6 Å². The average Bonchev–Trinajstić information content (AvgIpc) is 2.77. The lowest BCUT2D eigenvalue weighted by molar-refractivity contribution is 0.230. The Hall–Kier alpha value is -0.133. The Morgan fingerprint density at radius 1 is 1.43 bits per heavy atom. The zero-order valence-corrected chi connectivity index (χ0v) is 11.4. The zero-order valence-electron chi connectivity index (χ0n) is 9.53. The van der Waals surface area contributed by atoms with E-state index in [-0.39, 0.29) is 6.10 Å². The maximum absolute atomic E-state index is 5.57. The minimum Gasteiger partial charge on any atom is -0.468 e. The van der Waals surface area contributed by atoms with Gasteiger partial charge in [-0.15, -0.1) is 0 Å². The standard InChI is InChI=1S/C9H19NO2SSi/c1-10(2)9(13)11-6-7-8(12-7)14(3,4)5/h7-8H,6H2,1-5H3/t7-,8-/m0/s1. The van der Waals surface area contributed by atoms with Crippen molar-refractivity contribution < 1.29 is 9.47 Å². The molecule has 0 bridgehead atoms. The van der Waals surface area contributed by atoms with Gasteiger partial charge in [-0.25, -0.2) is 0 Å². The highest BCUT2D eigenvalue weighted by Gasteiger charge is 2.48. The van der Waals surface area contributed by atoms with Gasteiger partial charge in [0, 0.05) is 14.1 Å². The summed E-state index contributed by atoms with van der Waals surface area (Å²) in [7, 11) is 2.62. The molecule has 1 saturated heterocycles. The van der Waals surface area contributed by atoms with Gasteiger partial charge in [0.15, 0.2) is 0 Å². The summed E-state index contributed by atoms with van der Waals surface area (Å²) in [4.78, 5) is 1.79. The molecule has 1 aliphatic heterocycles. The number of thiocarbonyl (C=S) groups is 1. The molecule has 1 aliphatic rings.